The Labute approximate surface area is 308 Å². The Bertz CT molecular complexity index is 2580. The third-order valence-corrected chi connectivity index (χ3v) is 9.79. The normalized spacial score (nSPS) is 12.7. The number of nitrogens with zero attached hydrogens (tertiary/aromatic N) is 3. The Kier molecular flexibility index (Phi) is 7.97. The van der Waals surface area contributed by atoms with Crippen molar-refractivity contribution < 1.29 is 9.13 Å². The molecule has 0 amide bonds. The van der Waals surface area contributed by atoms with E-state index in [-0.39, 0.29) is 5.82 Å². The lowest BCUT2D eigenvalue weighted by molar-refractivity contribution is 0.106. The van der Waals surface area contributed by atoms with Gasteiger partial charge in [-0.2, -0.15) is 0 Å². The molecule has 1 aliphatic heterocycles. The van der Waals surface area contributed by atoms with Crippen molar-refractivity contribution in [3.05, 3.63) is 181 Å². The summed E-state index contributed by atoms with van der Waals surface area (Å²) in [7, 11) is 0. The van der Waals surface area contributed by atoms with Gasteiger partial charge in [-0.1, -0.05) is 133 Å². The van der Waals surface area contributed by atoms with E-state index >= 15 is 4.39 Å². The average molecular weight is 688 g/mol. The molecule has 0 atom stereocenters. The van der Waals surface area contributed by atoms with Gasteiger partial charge in [0.2, 0.25) is 0 Å². The first-order valence-electron chi connectivity index (χ1n) is 17.7. The maximum atomic E-state index is 15.4. The van der Waals surface area contributed by atoms with E-state index < -0.39 is 5.60 Å². The van der Waals surface area contributed by atoms with Gasteiger partial charge in [-0.3, -0.25) is 0 Å². The van der Waals surface area contributed by atoms with E-state index in [2.05, 4.69) is 62.4 Å². The quantitative estimate of drug-likeness (QED) is 0.175. The summed E-state index contributed by atoms with van der Waals surface area (Å²) in [5.74, 6) is 2.31. The van der Waals surface area contributed by atoms with E-state index in [1.54, 1.807) is 12.1 Å². The number of rotatable bonds is 6. The van der Waals surface area contributed by atoms with Crippen molar-refractivity contribution in [2.45, 2.75) is 19.4 Å². The van der Waals surface area contributed by atoms with Gasteiger partial charge in [0, 0.05) is 27.8 Å². The van der Waals surface area contributed by atoms with Crippen LogP contribution in [-0.2, 0) is 5.60 Å². The Morgan fingerprint density at radius 1 is 0.396 bits per heavy atom. The van der Waals surface area contributed by atoms with Crippen molar-refractivity contribution in [3.8, 4) is 84.4 Å². The zero-order valence-electron chi connectivity index (χ0n) is 29.3. The molecule has 0 saturated heterocycles. The number of fused-ring (bicyclic) bond motifs is 3. The van der Waals surface area contributed by atoms with Gasteiger partial charge in [-0.25, -0.2) is 19.3 Å². The molecule has 0 radical (unpaired) electrons. The maximum absolute atomic E-state index is 15.4. The zero-order chi connectivity index (χ0) is 35.9. The molecule has 254 valence electrons. The lowest BCUT2D eigenvalue weighted by Crippen LogP contribution is -2.29. The first-order valence-corrected chi connectivity index (χ1v) is 17.7. The summed E-state index contributed by atoms with van der Waals surface area (Å²) >= 11 is 0. The van der Waals surface area contributed by atoms with Crippen LogP contribution in [0.3, 0.4) is 0 Å². The number of hydrogen-bond acceptors (Lipinski definition) is 4. The van der Waals surface area contributed by atoms with E-state index in [1.807, 2.05) is 109 Å². The van der Waals surface area contributed by atoms with Gasteiger partial charge in [0.25, 0.3) is 0 Å². The molecule has 8 aromatic rings. The molecule has 0 saturated carbocycles. The zero-order valence-corrected chi connectivity index (χ0v) is 29.3. The van der Waals surface area contributed by atoms with Crippen LogP contribution in [0.2, 0.25) is 0 Å². The standard InChI is InChI=1S/C48H34FN3O/c1-48(2)43-22-10-9-21-41(43)42-24-23-36(30-44(42)53-48)39-27-38(28-40(49)29-39)35-19-11-17-33(25-35)34-18-12-20-37(26-34)47-51-45(31-13-5-3-6-14-31)50-46(52-47)32-15-7-4-8-16-32/h3-30H,1-2H3. The van der Waals surface area contributed by atoms with Crippen molar-refractivity contribution in [1.29, 1.82) is 0 Å². The molecule has 1 aliphatic rings. The summed E-state index contributed by atoms with van der Waals surface area (Å²) < 4.78 is 21.9. The molecule has 0 spiro atoms. The number of hydrogen-bond donors (Lipinski definition) is 0. The first kappa shape index (κ1) is 32.2. The summed E-state index contributed by atoms with van der Waals surface area (Å²) in [6.45, 7) is 4.16. The van der Waals surface area contributed by atoms with Crippen molar-refractivity contribution in [2.24, 2.45) is 0 Å². The van der Waals surface area contributed by atoms with Crippen molar-refractivity contribution in [3.63, 3.8) is 0 Å². The SMILES string of the molecule is CC1(C)Oc2cc(-c3cc(F)cc(-c4cccc(-c5cccc(-c6nc(-c7ccccc7)nc(-c7ccccc7)n6)c5)c4)c3)ccc2-c2ccccc21. The molecule has 0 aliphatic carbocycles. The van der Waals surface area contributed by atoms with Crippen LogP contribution in [0.4, 0.5) is 4.39 Å². The highest BCUT2D eigenvalue weighted by molar-refractivity contribution is 5.83. The maximum Gasteiger partial charge on any atom is 0.164 e. The van der Waals surface area contributed by atoms with Crippen LogP contribution >= 0.6 is 0 Å². The highest BCUT2D eigenvalue weighted by atomic mass is 19.1. The van der Waals surface area contributed by atoms with Crippen LogP contribution in [0.25, 0.3) is 78.7 Å². The molecule has 5 heteroatoms. The summed E-state index contributed by atoms with van der Waals surface area (Å²) in [5.41, 5.74) is 11.0. The van der Waals surface area contributed by atoms with E-state index in [9.17, 15) is 0 Å². The molecule has 1 aromatic heterocycles. The van der Waals surface area contributed by atoms with Gasteiger partial charge in [-0.15, -0.1) is 0 Å². The predicted octanol–water partition coefficient (Wildman–Crippen LogP) is 12.3. The van der Waals surface area contributed by atoms with Crippen LogP contribution in [0.5, 0.6) is 5.75 Å². The number of ether oxygens (including phenoxy) is 1. The largest absolute Gasteiger partial charge is 0.482 e. The van der Waals surface area contributed by atoms with E-state index in [0.29, 0.717) is 17.5 Å². The smallest absolute Gasteiger partial charge is 0.164 e. The van der Waals surface area contributed by atoms with Gasteiger partial charge in [-0.05, 0) is 89.2 Å². The lowest BCUT2D eigenvalue weighted by atomic mass is 9.85. The van der Waals surface area contributed by atoms with Crippen LogP contribution in [-0.4, -0.2) is 15.0 Å². The molecule has 53 heavy (non-hydrogen) atoms. The second-order valence-electron chi connectivity index (χ2n) is 13.8. The fourth-order valence-corrected chi connectivity index (χ4v) is 7.16. The van der Waals surface area contributed by atoms with Crippen LogP contribution in [0.15, 0.2) is 170 Å². The molecular formula is C48H34FN3O. The van der Waals surface area contributed by atoms with Gasteiger partial charge in [0.15, 0.2) is 17.5 Å². The highest BCUT2D eigenvalue weighted by Gasteiger charge is 2.32. The topological polar surface area (TPSA) is 47.9 Å². The molecule has 0 N–H and O–H groups in total. The van der Waals surface area contributed by atoms with Crippen LogP contribution in [0.1, 0.15) is 19.4 Å². The Morgan fingerprint density at radius 2 is 0.849 bits per heavy atom. The predicted molar refractivity (Wildman–Crippen MR) is 211 cm³/mol. The van der Waals surface area contributed by atoms with Gasteiger partial charge < -0.3 is 4.74 Å². The minimum atomic E-state index is -0.481. The second kappa shape index (κ2) is 13.1. The molecule has 0 bridgehead atoms. The number of halogens is 1. The van der Waals surface area contributed by atoms with Gasteiger partial charge >= 0.3 is 0 Å². The van der Waals surface area contributed by atoms with E-state index in [0.717, 1.165) is 72.5 Å². The summed E-state index contributed by atoms with van der Waals surface area (Å²) in [6, 6.07) is 56.1. The summed E-state index contributed by atoms with van der Waals surface area (Å²) in [4.78, 5) is 14.7. The lowest BCUT2D eigenvalue weighted by Gasteiger charge is -2.35. The minimum absolute atomic E-state index is 0.299. The molecule has 0 fully saturated rings. The summed E-state index contributed by atoms with van der Waals surface area (Å²) in [5, 5.41) is 0. The molecule has 9 rings (SSSR count). The fourth-order valence-electron chi connectivity index (χ4n) is 7.16. The highest BCUT2D eigenvalue weighted by Crippen LogP contribution is 2.46. The Morgan fingerprint density at radius 3 is 1.47 bits per heavy atom. The molecule has 4 nitrogen and oxygen atoms in total. The monoisotopic (exact) mass is 687 g/mol. The molecule has 0 unspecified atom stereocenters. The average Bonchev–Trinajstić information content (AvgIpc) is 3.21. The second-order valence-corrected chi connectivity index (χ2v) is 13.8. The van der Waals surface area contributed by atoms with E-state index in [4.69, 9.17) is 19.7 Å². The van der Waals surface area contributed by atoms with E-state index in [1.165, 1.54) is 0 Å². The third-order valence-electron chi connectivity index (χ3n) is 9.79. The van der Waals surface area contributed by atoms with Crippen molar-refractivity contribution in [1.82, 2.24) is 15.0 Å². The van der Waals surface area contributed by atoms with Gasteiger partial charge in [0.05, 0.1) is 0 Å². The molecule has 7 aromatic carbocycles. The van der Waals surface area contributed by atoms with Crippen LogP contribution < -0.4 is 4.74 Å². The Balaban J connectivity index is 1.07. The third kappa shape index (κ3) is 6.27. The number of aromatic nitrogens is 3. The van der Waals surface area contributed by atoms with Crippen LogP contribution in [0, 0.1) is 5.82 Å². The van der Waals surface area contributed by atoms with Gasteiger partial charge in [0.1, 0.15) is 17.2 Å². The van der Waals surface area contributed by atoms with Crippen molar-refractivity contribution >= 4 is 0 Å². The molecular weight excluding hydrogens is 654 g/mol. The molecule has 2 heterocycles. The Hall–Kier alpha value is -6.72. The number of benzene rings is 7. The minimum Gasteiger partial charge on any atom is -0.482 e. The van der Waals surface area contributed by atoms with Crippen molar-refractivity contribution in [2.75, 3.05) is 0 Å². The summed E-state index contributed by atoms with van der Waals surface area (Å²) in [6.07, 6.45) is 0. The fraction of sp³-hybridized carbons (Fsp3) is 0.0625. The first-order chi connectivity index (χ1) is 25.9.